The predicted molar refractivity (Wildman–Crippen MR) is 95.1 cm³/mol. The Bertz CT molecular complexity index is 514. The van der Waals surface area contributed by atoms with E-state index in [-0.39, 0.29) is 0 Å². The minimum atomic E-state index is 0.329. The van der Waals surface area contributed by atoms with E-state index in [4.69, 9.17) is 15.5 Å². The second kappa shape index (κ2) is 7.49. The van der Waals surface area contributed by atoms with Crippen molar-refractivity contribution in [2.24, 2.45) is 5.73 Å². The fourth-order valence-corrected chi connectivity index (χ4v) is 3.53. The van der Waals surface area contributed by atoms with Crippen LogP contribution in [-0.2, 0) is 4.74 Å². The molecular formula is C18H30N4O. The van der Waals surface area contributed by atoms with Gasteiger partial charge >= 0.3 is 0 Å². The zero-order valence-corrected chi connectivity index (χ0v) is 14.4. The maximum atomic E-state index is 5.99. The number of morpholine rings is 1. The first kappa shape index (κ1) is 16.5. The lowest BCUT2D eigenvalue weighted by Crippen LogP contribution is -2.42. The fraction of sp³-hybridized carbons (Fsp3) is 0.722. The summed E-state index contributed by atoms with van der Waals surface area (Å²) in [5, 5.41) is 3.66. The Morgan fingerprint density at radius 2 is 2.09 bits per heavy atom. The molecule has 23 heavy (non-hydrogen) atoms. The van der Waals surface area contributed by atoms with E-state index in [1.54, 1.807) is 0 Å². The molecule has 5 nitrogen and oxygen atoms in total. The highest BCUT2D eigenvalue weighted by molar-refractivity contribution is 5.54. The van der Waals surface area contributed by atoms with Crippen LogP contribution in [0.1, 0.15) is 44.7 Å². The maximum absolute atomic E-state index is 5.99. The number of aryl methyl sites for hydroxylation is 1. The molecule has 0 bridgehead atoms. The van der Waals surface area contributed by atoms with E-state index in [9.17, 15) is 0 Å². The van der Waals surface area contributed by atoms with Crippen LogP contribution in [0.2, 0.25) is 0 Å². The number of rotatable bonds is 4. The summed E-state index contributed by atoms with van der Waals surface area (Å²) < 4.78 is 5.75. The molecule has 1 saturated heterocycles. The third-order valence-electron chi connectivity index (χ3n) is 5.12. The number of nitrogens with one attached hydrogen (secondary N) is 1. The first-order valence-electron chi connectivity index (χ1n) is 9.02. The lowest BCUT2D eigenvalue weighted by molar-refractivity contribution is 0.0381. The van der Waals surface area contributed by atoms with Crippen molar-refractivity contribution >= 4 is 11.5 Å². The number of hydrogen-bond donors (Lipinski definition) is 2. The Balaban J connectivity index is 1.63. The fourth-order valence-electron chi connectivity index (χ4n) is 3.53. The zero-order valence-electron chi connectivity index (χ0n) is 14.4. The van der Waals surface area contributed by atoms with Crippen molar-refractivity contribution in [1.29, 1.82) is 0 Å². The smallest absolute Gasteiger partial charge is 0.129 e. The number of aromatic nitrogens is 1. The number of anilines is 2. The predicted octanol–water partition coefficient (Wildman–Crippen LogP) is 2.69. The van der Waals surface area contributed by atoms with Crippen LogP contribution in [-0.4, -0.2) is 42.9 Å². The minimum Gasteiger partial charge on any atom is -0.381 e. The Hall–Kier alpha value is -1.33. The third kappa shape index (κ3) is 4.15. The average Bonchev–Trinajstić information content (AvgIpc) is 2.58. The maximum Gasteiger partial charge on any atom is 0.129 e. The number of hydrogen-bond acceptors (Lipinski definition) is 5. The molecule has 2 heterocycles. The van der Waals surface area contributed by atoms with Crippen LogP contribution in [0.25, 0.3) is 0 Å². The van der Waals surface area contributed by atoms with Gasteiger partial charge in [0, 0.05) is 25.2 Å². The van der Waals surface area contributed by atoms with E-state index in [1.807, 2.05) is 0 Å². The molecule has 1 unspecified atom stereocenters. The SMILES string of the molecule is CCC1CN(c2ccc(NC3CCC(N)CC3)c(C)n2)CCO1. The molecule has 0 radical (unpaired) electrons. The van der Waals surface area contributed by atoms with E-state index in [0.717, 1.165) is 69.0 Å². The summed E-state index contributed by atoms with van der Waals surface area (Å²) >= 11 is 0. The Kier molecular flexibility index (Phi) is 5.38. The first-order valence-corrected chi connectivity index (χ1v) is 9.02. The van der Waals surface area contributed by atoms with Crippen LogP contribution < -0.4 is 16.0 Å². The summed E-state index contributed by atoms with van der Waals surface area (Å²) in [7, 11) is 0. The Morgan fingerprint density at radius 1 is 1.30 bits per heavy atom. The Morgan fingerprint density at radius 3 is 2.78 bits per heavy atom. The molecular weight excluding hydrogens is 288 g/mol. The highest BCUT2D eigenvalue weighted by Gasteiger charge is 2.22. The minimum absolute atomic E-state index is 0.329. The summed E-state index contributed by atoms with van der Waals surface area (Å²) in [6.45, 7) is 6.93. The van der Waals surface area contributed by atoms with Gasteiger partial charge in [0.25, 0.3) is 0 Å². The first-order chi connectivity index (χ1) is 11.2. The van der Waals surface area contributed by atoms with E-state index in [1.165, 1.54) is 0 Å². The third-order valence-corrected chi connectivity index (χ3v) is 5.12. The number of ether oxygens (including phenoxy) is 1. The van der Waals surface area contributed by atoms with Crippen LogP contribution >= 0.6 is 0 Å². The van der Waals surface area contributed by atoms with Crippen molar-refractivity contribution in [2.75, 3.05) is 29.9 Å². The van der Waals surface area contributed by atoms with E-state index in [0.29, 0.717) is 18.2 Å². The summed E-state index contributed by atoms with van der Waals surface area (Å²) in [5.41, 5.74) is 8.23. The lowest BCUT2D eigenvalue weighted by Gasteiger charge is -2.34. The van der Waals surface area contributed by atoms with Crippen molar-refractivity contribution in [1.82, 2.24) is 4.98 Å². The summed E-state index contributed by atoms with van der Waals surface area (Å²) in [4.78, 5) is 7.17. The molecule has 1 saturated carbocycles. The largest absolute Gasteiger partial charge is 0.381 e. The quantitative estimate of drug-likeness (QED) is 0.893. The standard InChI is InChI=1S/C18H30N4O/c1-3-16-12-22(10-11-23-16)18-9-8-17(13(2)20-18)21-15-6-4-14(19)5-7-15/h8-9,14-16,21H,3-7,10-12,19H2,1-2H3. The van der Waals surface area contributed by atoms with E-state index < -0.39 is 0 Å². The summed E-state index contributed by atoms with van der Waals surface area (Å²) in [6.07, 6.45) is 5.94. The zero-order chi connectivity index (χ0) is 16.2. The molecule has 0 amide bonds. The molecule has 2 fully saturated rings. The van der Waals surface area contributed by atoms with Gasteiger partial charge in [0.05, 0.1) is 24.1 Å². The van der Waals surface area contributed by atoms with Crippen LogP contribution in [0.15, 0.2) is 12.1 Å². The normalized spacial score (nSPS) is 28.7. The van der Waals surface area contributed by atoms with Crippen molar-refractivity contribution in [2.45, 2.75) is 64.1 Å². The highest BCUT2D eigenvalue weighted by atomic mass is 16.5. The van der Waals surface area contributed by atoms with Crippen molar-refractivity contribution in [3.05, 3.63) is 17.8 Å². The molecule has 3 rings (SSSR count). The molecule has 0 aromatic carbocycles. The molecule has 1 atom stereocenters. The van der Waals surface area contributed by atoms with E-state index in [2.05, 4.69) is 36.2 Å². The van der Waals surface area contributed by atoms with Gasteiger partial charge in [-0.25, -0.2) is 4.98 Å². The molecule has 1 aliphatic heterocycles. The number of nitrogens with two attached hydrogens (primary N) is 1. The molecule has 3 N–H and O–H groups in total. The van der Waals surface area contributed by atoms with Crippen molar-refractivity contribution in [3.8, 4) is 0 Å². The van der Waals surface area contributed by atoms with Gasteiger partial charge in [0.2, 0.25) is 0 Å². The van der Waals surface area contributed by atoms with Gasteiger partial charge in [-0.15, -0.1) is 0 Å². The van der Waals surface area contributed by atoms with Gasteiger partial charge < -0.3 is 20.7 Å². The highest BCUT2D eigenvalue weighted by Crippen LogP contribution is 2.25. The van der Waals surface area contributed by atoms with Gasteiger partial charge in [-0.3, -0.25) is 0 Å². The van der Waals surface area contributed by atoms with Crippen molar-refractivity contribution in [3.63, 3.8) is 0 Å². The number of nitrogens with zero attached hydrogens (tertiary/aromatic N) is 2. The molecule has 1 aromatic rings. The van der Waals surface area contributed by atoms with Crippen LogP contribution in [0.3, 0.4) is 0 Å². The molecule has 1 aliphatic carbocycles. The molecule has 2 aliphatic rings. The molecule has 128 valence electrons. The van der Waals surface area contributed by atoms with Gasteiger partial charge in [-0.05, 0) is 51.2 Å². The van der Waals surface area contributed by atoms with Gasteiger partial charge in [-0.1, -0.05) is 6.92 Å². The molecule has 0 spiro atoms. The van der Waals surface area contributed by atoms with Gasteiger partial charge in [0.15, 0.2) is 0 Å². The monoisotopic (exact) mass is 318 g/mol. The summed E-state index contributed by atoms with van der Waals surface area (Å²) in [6, 6.07) is 5.25. The van der Waals surface area contributed by atoms with Gasteiger partial charge in [0.1, 0.15) is 5.82 Å². The topological polar surface area (TPSA) is 63.4 Å². The number of pyridine rings is 1. The second-order valence-corrected chi connectivity index (χ2v) is 6.91. The van der Waals surface area contributed by atoms with E-state index >= 15 is 0 Å². The van der Waals surface area contributed by atoms with Crippen LogP contribution in [0, 0.1) is 6.92 Å². The molecule has 1 aromatic heterocycles. The second-order valence-electron chi connectivity index (χ2n) is 6.91. The Labute approximate surface area is 139 Å². The van der Waals surface area contributed by atoms with Gasteiger partial charge in [-0.2, -0.15) is 0 Å². The lowest BCUT2D eigenvalue weighted by atomic mass is 9.91. The molecule has 5 heteroatoms. The van der Waals surface area contributed by atoms with Crippen molar-refractivity contribution < 1.29 is 4.74 Å². The van der Waals surface area contributed by atoms with Crippen LogP contribution in [0.5, 0.6) is 0 Å². The average molecular weight is 318 g/mol. The summed E-state index contributed by atoms with van der Waals surface area (Å²) in [5.74, 6) is 1.07. The van der Waals surface area contributed by atoms with Crippen LogP contribution in [0.4, 0.5) is 11.5 Å².